The summed E-state index contributed by atoms with van der Waals surface area (Å²) in [6.07, 6.45) is 0. The van der Waals surface area contributed by atoms with E-state index in [1.54, 1.807) is 20.1 Å². The zero-order chi connectivity index (χ0) is 15.3. The molecule has 2 N–H and O–H groups in total. The third-order valence-corrected chi connectivity index (χ3v) is 4.79. The van der Waals surface area contributed by atoms with Crippen LogP contribution in [0.3, 0.4) is 0 Å². The van der Waals surface area contributed by atoms with Crippen LogP contribution in [0.25, 0.3) is 0 Å². The highest BCUT2D eigenvalue weighted by Gasteiger charge is 2.20. The molecule has 0 aliphatic rings. The molecular formula is C14H24N2O3S. The molecule has 0 bridgehead atoms. The molecule has 0 saturated carbocycles. The lowest BCUT2D eigenvalue weighted by Gasteiger charge is -2.16. The lowest BCUT2D eigenvalue weighted by molar-refractivity contribution is 0.180. The SMILES string of the molecule is CNCc1cc(S(=O)(=O)NC(C)COC)c(C)cc1C. The molecule has 20 heavy (non-hydrogen) atoms. The first-order valence-electron chi connectivity index (χ1n) is 6.57. The summed E-state index contributed by atoms with van der Waals surface area (Å²) in [7, 11) is -0.140. The Morgan fingerprint density at radius 3 is 2.45 bits per heavy atom. The molecule has 1 aromatic rings. The topological polar surface area (TPSA) is 67.4 Å². The zero-order valence-corrected chi connectivity index (χ0v) is 13.6. The van der Waals surface area contributed by atoms with Crippen molar-refractivity contribution in [3.8, 4) is 0 Å². The van der Waals surface area contributed by atoms with Gasteiger partial charge in [0.2, 0.25) is 10.0 Å². The van der Waals surface area contributed by atoms with Gasteiger partial charge < -0.3 is 10.1 Å². The van der Waals surface area contributed by atoms with Crippen LogP contribution in [-0.2, 0) is 21.3 Å². The number of aryl methyl sites for hydroxylation is 2. The van der Waals surface area contributed by atoms with Crippen molar-refractivity contribution in [1.29, 1.82) is 0 Å². The summed E-state index contributed by atoms with van der Waals surface area (Å²) < 4.78 is 32.4. The van der Waals surface area contributed by atoms with Gasteiger partial charge in [0.15, 0.2) is 0 Å². The molecule has 5 nitrogen and oxygen atoms in total. The van der Waals surface area contributed by atoms with E-state index >= 15 is 0 Å². The van der Waals surface area contributed by atoms with Crippen LogP contribution >= 0.6 is 0 Å². The fourth-order valence-electron chi connectivity index (χ4n) is 2.16. The Bertz CT molecular complexity index is 556. The number of methoxy groups -OCH3 is 1. The van der Waals surface area contributed by atoms with Crippen LogP contribution in [0, 0.1) is 13.8 Å². The third-order valence-electron chi connectivity index (χ3n) is 3.06. The van der Waals surface area contributed by atoms with E-state index in [9.17, 15) is 8.42 Å². The Hall–Kier alpha value is -0.950. The van der Waals surface area contributed by atoms with E-state index in [2.05, 4.69) is 10.0 Å². The molecule has 0 saturated heterocycles. The number of hydrogen-bond donors (Lipinski definition) is 2. The summed E-state index contributed by atoms with van der Waals surface area (Å²) in [6.45, 7) is 6.55. The normalized spacial score (nSPS) is 13.4. The number of ether oxygens (including phenoxy) is 1. The third kappa shape index (κ3) is 4.28. The highest BCUT2D eigenvalue weighted by Crippen LogP contribution is 2.20. The number of nitrogens with one attached hydrogen (secondary N) is 2. The van der Waals surface area contributed by atoms with Crippen LogP contribution in [0.4, 0.5) is 0 Å². The molecule has 114 valence electrons. The van der Waals surface area contributed by atoms with Crippen LogP contribution in [-0.4, -0.2) is 35.2 Å². The van der Waals surface area contributed by atoms with Crippen molar-refractivity contribution >= 4 is 10.0 Å². The van der Waals surface area contributed by atoms with Crippen LogP contribution < -0.4 is 10.0 Å². The molecule has 0 amide bonds. The average Bonchev–Trinajstić information content (AvgIpc) is 2.32. The Balaban J connectivity index is 3.14. The molecule has 0 aliphatic heterocycles. The van der Waals surface area contributed by atoms with E-state index in [1.165, 1.54) is 0 Å². The van der Waals surface area contributed by atoms with Crippen molar-refractivity contribution in [2.24, 2.45) is 0 Å². The second-order valence-electron chi connectivity index (χ2n) is 5.05. The highest BCUT2D eigenvalue weighted by molar-refractivity contribution is 7.89. The minimum atomic E-state index is -3.53. The van der Waals surface area contributed by atoms with E-state index in [0.717, 1.165) is 16.7 Å². The summed E-state index contributed by atoms with van der Waals surface area (Å²) in [5.74, 6) is 0. The van der Waals surface area contributed by atoms with Gasteiger partial charge >= 0.3 is 0 Å². The van der Waals surface area contributed by atoms with Crippen LogP contribution in [0.15, 0.2) is 17.0 Å². The van der Waals surface area contributed by atoms with Crippen molar-refractivity contribution in [1.82, 2.24) is 10.0 Å². The molecule has 0 radical (unpaired) electrons. The molecule has 1 rings (SSSR count). The van der Waals surface area contributed by atoms with Gasteiger partial charge in [-0.1, -0.05) is 6.07 Å². The van der Waals surface area contributed by atoms with Gasteiger partial charge in [-0.2, -0.15) is 0 Å². The second kappa shape index (κ2) is 7.17. The maximum Gasteiger partial charge on any atom is 0.241 e. The fraction of sp³-hybridized carbons (Fsp3) is 0.571. The van der Waals surface area contributed by atoms with Crippen LogP contribution in [0.1, 0.15) is 23.6 Å². The molecule has 0 aromatic heterocycles. The minimum absolute atomic E-state index is 0.265. The molecular weight excluding hydrogens is 276 g/mol. The average molecular weight is 300 g/mol. The number of sulfonamides is 1. The van der Waals surface area contributed by atoms with Crippen molar-refractivity contribution in [3.05, 3.63) is 28.8 Å². The molecule has 6 heteroatoms. The summed E-state index contributed by atoms with van der Waals surface area (Å²) in [4.78, 5) is 0.330. The summed E-state index contributed by atoms with van der Waals surface area (Å²) in [5, 5.41) is 3.05. The molecule has 0 spiro atoms. The first-order valence-corrected chi connectivity index (χ1v) is 8.06. The summed E-state index contributed by atoms with van der Waals surface area (Å²) >= 11 is 0. The highest BCUT2D eigenvalue weighted by atomic mass is 32.2. The van der Waals surface area contributed by atoms with Gasteiger partial charge in [-0.3, -0.25) is 0 Å². The van der Waals surface area contributed by atoms with Crippen molar-refractivity contribution in [2.75, 3.05) is 20.8 Å². The summed E-state index contributed by atoms with van der Waals surface area (Å²) in [5.41, 5.74) is 2.82. The van der Waals surface area contributed by atoms with Crippen molar-refractivity contribution in [2.45, 2.75) is 38.3 Å². The maximum atomic E-state index is 12.4. The fourth-order valence-corrected chi connectivity index (χ4v) is 3.66. The molecule has 0 heterocycles. The molecule has 0 fully saturated rings. The standard InChI is InChI=1S/C14H24N2O3S/c1-10-6-11(2)14(7-13(10)8-15-4)20(17,18)16-12(3)9-19-5/h6-7,12,15-16H,8-9H2,1-5H3. The molecule has 0 aliphatic carbocycles. The monoisotopic (exact) mass is 300 g/mol. The van der Waals surface area contributed by atoms with Gasteiger partial charge in [-0.15, -0.1) is 0 Å². The number of benzene rings is 1. The van der Waals surface area contributed by atoms with Crippen molar-refractivity contribution < 1.29 is 13.2 Å². The second-order valence-corrected chi connectivity index (χ2v) is 6.73. The van der Waals surface area contributed by atoms with Gasteiger partial charge in [0.25, 0.3) is 0 Å². The van der Waals surface area contributed by atoms with Gasteiger partial charge in [-0.05, 0) is 50.6 Å². The predicted octanol–water partition coefficient (Wildman–Crippen LogP) is 1.34. The van der Waals surface area contributed by atoms with Gasteiger partial charge in [0.05, 0.1) is 11.5 Å². The van der Waals surface area contributed by atoms with E-state index in [0.29, 0.717) is 18.0 Å². The van der Waals surface area contributed by atoms with E-state index in [4.69, 9.17) is 4.74 Å². The predicted molar refractivity (Wildman–Crippen MR) is 80.3 cm³/mol. The lowest BCUT2D eigenvalue weighted by atomic mass is 10.1. The quantitative estimate of drug-likeness (QED) is 0.797. The Morgan fingerprint density at radius 2 is 1.90 bits per heavy atom. The maximum absolute atomic E-state index is 12.4. The number of rotatable bonds is 7. The Labute approximate surface area is 121 Å². The molecule has 1 atom stereocenters. The van der Waals surface area contributed by atoms with Gasteiger partial charge in [-0.25, -0.2) is 13.1 Å². The molecule has 1 aromatic carbocycles. The van der Waals surface area contributed by atoms with E-state index in [1.807, 2.05) is 27.0 Å². The van der Waals surface area contributed by atoms with Gasteiger partial charge in [0, 0.05) is 19.7 Å². The van der Waals surface area contributed by atoms with Gasteiger partial charge in [0.1, 0.15) is 0 Å². The molecule has 1 unspecified atom stereocenters. The largest absolute Gasteiger partial charge is 0.383 e. The first-order chi connectivity index (χ1) is 9.31. The van der Waals surface area contributed by atoms with E-state index in [-0.39, 0.29) is 6.04 Å². The first kappa shape index (κ1) is 17.1. The summed E-state index contributed by atoms with van der Waals surface area (Å²) in [6, 6.07) is 3.38. The lowest BCUT2D eigenvalue weighted by Crippen LogP contribution is -2.36. The Morgan fingerprint density at radius 1 is 1.25 bits per heavy atom. The van der Waals surface area contributed by atoms with Crippen molar-refractivity contribution in [3.63, 3.8) is 0 Å². The Kier molecular flexibility index (Phi) is 6.13. The minimum Gasteiger partial charge on any atom is -0.383 e. The van der Waals surface area contributed by atoms with Crippen LogP contribution in [0.2, 0.25) is 0 Å². The van der Waals surface area contributed by atoms with Crippen LogP contribution in [0.5, 0.6) is 0 Å². The smallest absolute Gasteiger partial charge is 0.241 e. The zero-order valence-electron chi connectivity index (χ0n) is 12.8. The number of hydrogen-bond acceptors (Lipinski definition) is 4. The van der Waals surface area contributed by atoms with E-state index < -0.39 is 10.0 Å².